The van der Waals surface area contributed by atoms with Gasteiger partial charge < -0.3 is 25.0 Å². The van der Waals surface area contributed by atoms with Crippen LogP contribution in [0.4, 0.5) is 17.1 Å². The van der Waals surface area contributed by atoms with Gasteiger partial charge in [0, 0.05) is 11.8 Å². The van der Waals surface area contributed by atoms with Gasteiger partial charge >= 0.3 is 0 Å². The molecule has 0 fully saturated rings. The van der Waals surface area contributed by atoms with E-state index < -0.39 is 6.04 Å². The average Bonchev–Trinajstić information content (AvgIpc) is 3.08. The van der Waals surface area contributed by atoms with Crippen LogP contribution in [0.3, 0.4) is 0 Å². The maximum Gasteiger partial charge on any atom is 0.246 e. The lowest BCUT2D eigenvalue weighted by Gasteiger charge is -2.34. The molecule has 0 bridgehead atoms. The predicted molar refractivity (Wildman–Crippen MR) is 93.1 cm³/mol. The van der Waals surface area contributed by atoms with Crippen molar-refractivity contribution in [1.82, 2.24) is 0 Å². The Labute approximate surface area is 144 Å². The average molecular weight is 339 g/mol. The SMILES string of the molecule is CC(C(=O)Nc1ccc2c(c1)OCO2)N1CC(=O)Nc2ccccc21. The van der Waals surface area contributed by atoms with Crippen LogP contribution in [0.2, 0.25) is 0 Å². The van der Waals surface area contributed by atoms with Gasteiger partial charge in [-0.2, -0.15) is 0 Å². The van der Waals surface area contributed by atoms with E-state index in [2.05, 4.69) is 10.6 Å². The van der Waals surface area contributed by atoms with Crippen LogP contribution in [0.5, 0.6) is 11.5 Å². The Bertz CT molecular complexity index is 852. The highest BCUT2D eigenvalue weighted by Crippen LogP contribution is 2.35. The molecule has 128 valence electrons. The number of hydrogen-bond acceptors (Lipinski definition) is 5. The van der Waals surface area contributed by atoms with Crippen LogP contribution < -0.4 is 25.0 Å². The zero-order chi connectivity index (χ0) is 17.4. The summed E-state index contributed by atoms with van der Waals surface area (Å²) in [5.41, 5.74) is 2.16. The van der Waals surface area contributed by atoms with E-state index in [1.54, 1.807) is 30.0 Å². The van der Waals surface area contributed by atoms with E-state index in [1.807, 2.05) is 24.3 Å². The van der Waals surface area contributed by atoms with Crippen LogP contribution in [0.15, 0.2) is 42.5 Å². The third-order valence-corrected chi connectivity index (χ3v) is 4.29. The summed E-state index contributed by atoms with van der Waals surface area (Å²) >= 11 is 0. The molecule has 0 saturated carbocycles. The van der Waals surface area contributed by atoms with Crippen LogP contribution in [0.25, 0.3) is 0 Å². The molecule has 7 nitrogen and oxygen atoms in total. The van der Waals surface area contributed by atoms with Gasteiger partial charge in [-0.05, 0) is 31.2 Å². The third kappa shape index (κ3) is 2.84. The van der Waals surface area contributed by atoms with Gasteiger partial charge in [-0.3, -0.25) is 9.59 Å². The maximum atomic E-state index is 12.7. The summed E-state index contributed by atoms with van der Waals surface area (Å²) in [6.07, 6.45) is 0. The van der Waals surface area contributed by atoms with Gasteiger partial charge in [0.05, 0.1) is 17.9 Å². The van der Waals surface area contributed by atoms with Gasteiger partial charge in [-0.1, -0.05) is 12.1 Å². The molecule has 2 aromatic rings. The largest absolute Gasteiger partial charge is 0.454 e. The van der Waals surface area contributed by atoms with Gasteiger partial charge in [-0.25, -0.2) is 0 Å². The Morgan fingerprint density at radius 1 is 1.20 bits per heavy atom. The Morgan fingerprint density at radius 3 is 2.88 bits per heavy atom. The summed E-state index contributed by atoms with van der Waals surface area (Å²) in [6, 6.07) is 12.2. The van der Waals surface area contributed by atoms with Crippen molar-refractivity contribution in [2.24, 2.45) is 0 Å². The summed E-state index contributed by atoms with van der Waals surface area (Å²) in [4.78, 5) is 26.4. The molecule has 1 atom stereocenters. The van der Waals surface area contributed by atoms with E-state index >= 15 is 0 Å². The van der Waals surface area contributed by atoms with Crippen molar-refractivity contribution >= 4 is 28.9 Å². The van der Waals surface area contributed by atoms with E-state index in [0.717, 1.165) is 5.69 Å². The van der Waals surface area contributed by atoms with Crippen LogP contribution >= 0.6 is 0 Å². The molecule has 25 heavy (non-hydrogen) atoms. The molecular weight excluding hydrogens is 322 g/mol. The standard InChI is InChI=1S/C18H17N3O4/c1-11(21-9-17(22)20-13-4-2-3-5-14(13)21)18(23)19-12-6-7-15-16(8-12)25-10-24-15/h2-8,11H,9-10H2,1H3,(H,19,23)(H,20,22). The lowest BCUT2D eigenvalue weighted by atomic mass is 10.1. The number of rotatable bonds is 3. The van der Waals surface area contributed by atoms with E-state index in [9.17, 15) is 9.59 Å². The highest BCUT2D eigenvalue weighted by molar-refractivity contribution is 6.04. The monoisotopic (exact) mass is 339 g/mol. The first-order valence-electron chi connectivity index (χ1n) is 7.98. The number of amides is 2. The fraction of sp³-hybridized carbons (Fsp3) is 0.222. The number of anilines is 3. The number of ether oxygens (including phenoxy) is 2. The van der Waals surface area contributed by atoms with E-state index in [0.29, 0.717) is 22.9 Å². The zero-order valence-corrected chi connectivity index (χ0v) is 13.6. The third-order valence-electron chi connectivity index (χ3n) is 4.29. The molecule has 0 spiro atoms. The van der Waals surface area contributed by atoms with Crippen LogP contribution in [-0.4, -0.2) is 31.2 Å². The molecule has 0 aliphatic carbocycles. The fourth-order valence-electron chi connectivity index (χ4n) is 2.97. The Balaban J connectivity index is 1.53. The van der Waals surface area contributed by atoms with Gasteiger partial charge in [0.25, 0.3) is 0 Å². The molecule has 2 amide bonds. The fourth-order valence-corrected chi connectivity index (χ4v) is 2.97. The van der Waals surface area contributed by atoms with E-state index in [-0.39, 0.29) is 25.2 Å². The van der Waals surface area contributed by atoms with E-state index in [1.165, 1.54) is 0 Å². The minimum Gasteiger partial charge on any atom is -0.454 e. The van der Waals surface area contributed by atoms with Crippen molar-refractivity contribution in [3.63, 3.8) is 0 Å². The second-order valence-electron chi connectivity index (χ2n) is 5.93. The van der Waals surface area contributed by atoms with Crippen molar-refractivity contribution in [3.8, 4) is 11.5 Å². The summed E-state index contributed by atoms with van der Waals surface area (Å²) in [5.74, 6) is 0.922. The maximum absolute atomic E-state index is 12.7. The van der Waals surface area contributed by atoms with Crippen molar-refractivity contribution in [2.75, 3.05) is 28.9 Å². The van der Waals surface area contributed by atoms with Crippen LogP contribution in [0.1, 0.15) is 6.92 Å². The van der Waals surface area contributed by atoms with Crippen LogP contribution in [-0.2, 0) is 9.59 Å². The van der Waals surface area contributed by atoms with Gasteiger partial charge in [0.2, 0.25) is 18.6 Å². The number of carbonyl (C=O) groups is 2. The molecule has 1 unspecified atom stereocenters. The first-order valence-corrected chi connectivity index (χ1v) is 7.98. The summed E-state index contributed by atoms with van der Waals surface area (Å²) < 4.78 is 10.6. The van der Waals surface area contributed by atoms with Gasteiger partial charge in [0.1, 0.15) is 6.04 Å². The Hall–Kier alpha value is -3.22. The topological polar surface area (TPSA) is 79.9 Å². The quantitative estimate of drug-likeness (QED) is 0.896. The second-order valence-corrected chi connectivity index (χ2v) is 5.93. The lowest BCUT2D eigenvalue weighted by Crippen LogP contribution is -2.48. The molecule has 2 aliphatic rings. The smallest absolute Gasteiger partial charge is 0.246 e. The normalized spacial score (nSPS) is 16.0. The van der Waals surface area contributed by atoms with E-state index in [4.69, 9.17) is 9.47 Å². The van der Waals surface area contributed by atoms with Crippen molar-refractivity contribution in [1.29, 1.82) is 0 Å². The summed E-state index contributed by atoms with van der Waals surface area (Å²) in [6.45, 7) is 2.09. The predicted octanol–water partition coefficient (Wildman–Crippen LogP) is 2.20. The molecule has 2 N–H and O–H groups in total. The molecule has 0 radical (unpaired) electrons. The molecule has 4 rings (SSSR count). The number of hydrogen-bond donors (Lipinski definition) is 2. The number of nitrogens with zero attached hydrogens (tertiary/aromatic N) is 1. The van der Waals surface area contributed by atoms with Gasteiger partial charge in [-0.15, -0.1) is 0 Å². The number of benzene rings is 2. The zero-order valence-electron chi connectivity index (χ0n) is 13.6. The molecular formula is C18H17N3O4. The number of fused-ring (bicyclic) bond motifs is 2. The van der Waals surface area contributed by atoms with Crippen LogP contribution in [0, 0.1) is 0 Å². The molecule has 7 heteroatoms. The molecule has 0 aromatic heterocycles. The minimum absolute atomic E-state index is 0.132. The number of carbonyl (C=O) groups excluding carboxylic acids is 2. The number of nitrogens with one attached hydrogen (secondary N) is 2. The van der Waals surface area contributed by atoms with Crippen molar-refractivity contribution in [2.45, 2.75) is 13.0 Å². The van der Waals surface area contributed by atoms with Crippen molar-refractivity contribution in [3.05, 3.63) is 42.5 Å². The highest BCUT2D eigenvalue weighted by Gasteiger charge is 2.29. The molecule has 0 saturated heterocycles. The highest BCUT2D eigenvalue weighted by atomic mass is 16.7. The Morgan fingerprint density at radius 2 is 2.00 bits per heavy atom. The van der Waals surface area contributed by atoms with Crippen molar-refractivity contribution < 1.29 is 19.1 Å². The Kier molecular flexibility index (Phi) is 3.68. The molecule has 2 aliphatic heterocycles. The molecule has 2 aromatic carbocycles. The number of para-hydroxylation sites is 2. The first-order chi connectivity index (χ1) is 12.1. The summed E-state index contributed by atoms with van der Waals surface area (Å²) in [5, 5.41) is 5.69. The summed E-state index contributed by atoms with van der Waals surface area (Å²) in [7, 11) is 0. The second kappa shape index (κ2) is 6.01. The minimum atomic E-state index is -0.516. The molecule has 2 heterocycles. The first kappa shape index (κ1) is 15.3. The van der Waals surface area contributed by atoms with Gasteiger partial charge in [0.15, 0.2) is 11.5 Å². The lowest BCUT2D eigenvalue weighted by molar-refractivity contribution is -0.117.